The lowest BCUT2D eigenvalue weighted by molar-refractivity contribution is -0.161. The lowest BCUT2D eigenvalue weighted by atomic mass is 10.0. The number of rotatable bonds is 63. The summed E-state index contributed by atoms with van der Waals surface area (Å²) < 4.78 is 67.6. The van der Waals surface area contributed by atoms with Crippen LogP contribution in [0.4, 0.5) is 0 Å². The lowest BCUT2D eigenvalue weighted by Gasteiger charge is -2.21. The van der Waals surface area contributed by atoms with Gasteiger partial charge in [0.25, 0.3) is 0 Å². The summed E-state index contributed by atoms with van der Waals surface area (Å²) in [5.41, 5.74) is 0. The van der Waals surface area contributed by atoms with Crippen LogP contribution in [-0.2, 0) is 65.4 Å². The van der Waals surface area contributed by atoms with E-state index in [2.05, 4.69) is 41.5 Å². The maximum Gasteiger partial charge on any atom is 0.472 e. The van der Waals surface area contributed by atoms with Crippen molar-refractivity contribution in [3.05, 3.63) is 0 Å². The predicted octanol–water partition coefficient (Wildman–Crippen LogP) is 17.7. The molecule has 0 rings (SSSR count). The van der Waals surface area contributed by atoms with E-state index in [9.17, 15) is 43.2 Å². The third-order valence-corrected chi connectivity index (χ3v) is 16.6. The molecule has 17 nitrogen and oxygen atoms in total. The molecule has 0 saturated heterocycles. The molecule has 0 radical (unpaired) electrons. The average molecular weight is 1230 g/mol. The van der Waals surface area contributed by atoms with Gasteiger partial charge in [0.1, 0.15) is 19.3 Å². The van der Waals surface area contributed by atoms with Crippen molar-refractivity contribution < 1.29 is 80.2 Å². The van der Waals surface area contributed by atoms with E-state index in [1.165, 1.54) is 116 Å². The first-order chi connectivity index (χ1) is 39.9. The smallest absolute Gasteiger partial charge is 0.462 e. The van der Waals surface area contributed by atoms with Gasteiger partial charge < -0.3 is 33.8 Å². The van der Waals surface area contributed by atoms with Gasteiger partial charge in [-0.25, -0.2) is 9.13 Å². The van der Waals surface area contributed by atoms with Crippen molar-refractivity contribution >= 4 is 39.5 Å². The molecule has 0 aromatic rings. The molecule has 0 aliphatic rings. The second-order valence-electron chi connectivity index (χ2n) is 24.1. The number of carbonyl (C=O) groups is 4. The summed E-state index contributed by atoms with van der Waals surface area (Å²) in [5, 5.41) is 10.5. The Bertz CT molecular complexity index is 1630. The van der Waals surface area contributed by atoms with Gasteiger partial charge in [-0.2, -0.15) is 0 Å². The predicted molar refractivity (Wildman–Crippen MR) is 331 cm³/mol. The van der Waals surface area contributed by atoms with E-state index in [0.29, 0.717) is 31.6 Å². The van der Waals surface area contributed by atoms with E-state index in [1.54, 1.807) is 0 Å². The third-order valence-electron chi connectivity index (χ3n) is 14.7. The standard InChI is InChI=1S/C64H124O17P2/c1-7-9-11-13-14-28-36-42-48-63(68)80-59(52-74-61(66)46-40-32-12-10-8-2)54-78-82(70,71)76-50-58(65)51-77-83(72,73)79-55-60(53-75-62(67)47-41-35-31-30-34-39-45-57(5)6)81-64(69)49-43-37-29-26-24-22-20-18-16-15-17-19-21-23-25-27-33-38-44-56(3)4/h56-60,65H,7-55H2,1-6H3,(H,70,71)(H,72,73)/t58-,59+,60+/m0/s1. The van der Waals surface area contributed by atoms with Crippen LogP contribution in [0.3, 0.4) is 0 Å². The Morgan fingerprint density at radius 3 is 0.819 bits per heavy atom. The number of carbonyl (C=O) groups excluding carboxylic acids is 4. The molecule has 19 heteroatoms. The minimum Gasteiger partial charge on any atom is -0.462 e. The maximum atomic E-state index is 13.0. The first kappa shape index (κ1) is 81.1. The van der Waals surface area contributed by atoms with E-state index in [1.807, 2.05) is 0 Å². The summed E-state index contributed by atoms with van der Waals surface area (Å²) in [5.74, 6) is -0.651. The highest BCUT2D eigenvalue weighted by molar-refractivity contribution is 7.47. The van der Waals surface area contributed by atoms with Crippen molar-refractivity contribution in [2.45, 2.75) is 336 Å². The lowest BCUT2D eigenvalue weighted by Crippen LogP contribution is -2.30. The van der Waals surface area contributed by atoms with Gasteiger partial charge in [-0.1, -0.05) is 266 Å². The molecule has 0 heterocycles. The van der Waals surface area contributed by atoms with Crippen molar-refractivity contribution in [2.24, 2.45) is 11.8 Å². The summed E-state index contributed by atoms with van der Waals surface area (Å²) in [7, 11) is -9.87. The Hall–Kier alpha value is -1.94. The van der Waals surface area contributed by atoms with E-state index >= 15 is 0 Å². The van der Waals surface area contributed by atoms with Gasteiger partial charge >= 0.3 is 39.5 Å². The van der Waals surface area contributed by atoms with Crippen molar-refractivity contribution in [3.63, 3.8) is 0 Å². The average Bonchev–Trinajstić information content (AvgIpc) is 3.45. The van der Waals surface area contributed by atoms with E-state index < -0.39 is 97.5 Å². The molecule has 0 aliphatic carbocycles. The van der Waals surface area contributed by atoms with Crippen LogP contribution in [0.25, 0.3) is 0 Å². The van der Waals surface area contributed by atoms with Crippen LogP contribution in [-0.4, -0.2) is 96.7 Å². The monoisotopic (exact) mass is 1230 g/mol. The molecule has 0 aromatic heterocycles. The highest BCUT2D eigenvalue weighted by Crippen LogP contribution is 2.45. The Morgan fingerprint density at radius 2 is 0.554 bits per heavy atom. The quantitative estimate of drug-likeness (QED) is 0.0222. The summed E-state index contributed by atoms with van der Waals surface area (Å²) in [6, 6.07) is 0. The molecule has 0 amide bonds. The normalized spacial score (nSPS) is 14.3. The van der Waals surface area contributed by atoms with Crippen molar-refractivity contribution in [2.75, 3.05) is 39.6 Å². The summed E-state index contributed by atoms with van der Waals surface area (Å²) in [6.45, 7) is 9.33. The maximum absolute atomic E-state index is 13.0. The molecule has 3 N–H and O–H groups in total. The van der Waals surface area contributed by atoms with Gasteiger partial charge in [-0.05, 0) is 37.5 Å². The van der Waals surface area contributed by atoms with Gasteiger partial charge in [0, 0.05) is 25.7 Å². The van der Waals surface area contributed by atoms with Gasteiger partial charge in [0.2, 0.25) is 0 Å². The molecule has 0 aromatic carbocycles. The van der Waals surface area contributed by atoms with E-state index in [0.717, 1.165) is 115 Å². The Balaban J connectivity index is 5.04. The first-order valence-electron chi connectivity index (χ1n) is 33.5. The topological polar surface area (TPSA) is 237 Å². The second kappa shape index (κ2) is 56.6. The van der Waals surface area contributed by atoms with Gasteiger partial charge in [0.15, 0.2) is 12.2 Å². The number of hydrogen-bond donors (Lipinski definition) is 3. The van der Waals surface area contributed by atoms with Crippen LogP contribution >= 0.6 is 15.6 Å². The van der Waals surface area contributed by atoms with Gasteiger partial charge in [-0.15, -0.1) is 0 Å². The number of ether oxygens (including phenoxy) is 4. The van der Waals surface area contributed by atoms with Crippen molar-refractivity contribution in [1.82, 2.24) is 0 Å². The molecule has 0 fully saturated rings. The fourth-order valence-corrected chi connectivity index (χ4v) is 11.1. The number of hydrogen-bond acceptors (Lipinski definition) is 15. The van der Waals surface area contributed by atoms with Crippen LogP contribution in [0.15, 0.2) is 0 Å². The molecule has 0 bridgehead atoms. The number of phosphoric ester groups is 2. The number of phosphoric acid groups is 2. The minimum absolute atomic E-state index is 0.104. The Kier molecular flexibility index (Phi) is 55.2. The number of unbranched alkanes of at least 4 members (excludes halogenated alkanes) is 33. The Morgan fingerprint density at radius 1 is 0.325 bits per heavy atom. The van der Waals surface area contributed by atoms with E-state index in [4.69, 9.17) is 37.0 Å². The molecular formula is C64H124O17P2. The van der Waals surface area contributed by atoms with Crippen LogP contribution in [0.5, 0.6) is 0 Å². The molecule has 2 unspecified atom stereocenters. The van der Waals surface area contributed by atoms with Crippen LogP contribution in [0, 0.1) is 11.8 Å². The van der Waals surface area contributed by atoms with Crippen LogP contribution in [0.2, 0.25) is 0 Å². The second-order valence-corrected chi connectivity index (χ2v) is 27.0. The first-order valence-corrected chi connectivity index (χ1v) is 36.5. The highest BCUT2D eigenvalue weighted by atomic mass is 31.2. The van der Waals surface area contributed by atoms with Gasteiger partial charge in [-0.3, -0.25) is 37.3 Å². The SMILES string of the molecule is CCCCCCCCCCC(=O)O[C@H](COC(=O)CCCCCCC)COP(=O)(O)OC[C@H](O)COP(=O)(O)OC[C@@H](COC(=O)CCCCCCCCC(C)C)OC(=O)CCCCCCCCCCCCCCCCCCCCC(C)C. The molecule has 5 atom stereocenters. The van der Waals surface area contributed by atoms with Crippen molar-refractivity contribution in [1.29, 1.82) is 0 Å². The molecule has 83 heavy (non-hydrogen) atoms. The zero-order valence-corrected chi connectivity index (χ0v) is 55.3. The molecule has 0 saturated carbocycles. The fraction of sp³-hybridized carbons (Fsp3) is 0.938. The Labute approximate surface area is 505 Å². The zero-order chi connectivity index (χ0) is 61.5. The molecule has 0 spiro atoms. The zero-order valence-electron chi connectivity index (χ0n) is 53.5. The largest absolute Gasteiger partial charge is 0.472 e. The summed E-state index contributed by atoms with van der Waals surface area (Å²) in [4.78, 5) is 71.8. The van der Waals surface area contributed by atoms with Crippen LogP contribution in [0.1, 0.15) is 318 Å². The van der Waals surface area contributed by atoms with Gasteiger partial charge in [0.05, 0.1) is 26.4 Å². The summed E-state index contributed by atoms with van der Waals surface area (Å²) >= 11 is 0. The fourth-order valence-electron chi connectivity index (χ4n) is 9.53. The third kappa shape index (κ3) is 58.8. The van der Waals surface area contributed by atoms with Crippen LogP contribution < -0.4 is 0 Å². The van der Waals surface area contributed by atoms with Crippen molar-refractivity contribution in [3.8, 4) is 0 Å². The molecule has 492 valence electrons. The molecular weight excluding hydrogens is 1100 g/mol. The number of aliphatic hydroxyl groups is 1. The van der Waals surface area contributed by atoms with E-state index in [-0.39, 0.29) is 25.7 Å². The number of esters is 4. The molecule has 0 aliphatic heterocycles. The highest BCUT2D eigenvalue weighted by Gasteiger charge is 2.30. The minimum atomic E-state index is -4.94. The number of aliphatic hydroxyl groups excluding tert-OH is 1. The summed E-state index contributed by atoms with van der Waals surface area (Å²) in [6.07, 6.45) is 39.7.